The highest BCUT2D eigenvalue weighted by Gasteiger charge is 2.31. The van der Waals surface area contributed by atoms with E-state index < -0.39 is 5.41 Å². The van der Waals surface area contributed by atoms with Crippen molar-refractivity contribution >= 4 is 17.4 Å². The Balaban J connectivity index is 3.37. The van der Waals surface area contributed by atoms with Crippen molar-refractivity contribution in [1.82, 2.24) is 0 Å². The van der Waals surface area contributed by atoms with Crippen LogP contribution < -0.4 is 4.74 Å². The SMILES string of the molecule is COc1cc(C)c(Cl)cc1C(=O)C(C)(C)C#N. The topological polar surface area (TPSA) is 50.1 Å². The highest BCUT2D eigenvalue weighted by atomic mass is 35.5. The molecule has 0 amide bonds. The molecule has 0 radical (unpaired) electrons. The summed E-state index contributed by atoms with van der Waals surface area (Å²) in [6.07, 6.45) is 0. The summed E-state index contributed by atoms with van der Waals surface area (Å²) in [5, 5.41) is 9.46. The van der Waals surface area contributed by atoms with Gasteiger partial charge in [0, 0.05) is 5.02 Å². The third kappa shape index (κ3) is 2.59. The molecule has 17 heavy (non-hydrogen) atoms. The van der Waals surface area contributed by atoms with Crippen LogP contribution in [0, 0.1) is 23.7 Å². The van der Waals surface area contributed by atoms with E-state index in [2.05, 4.69) is 0 Å². The van der Waals surface area contributed by atoms with Crippen molar-refractivity contribution in [1.29, 1.82) is 5.26 Å². The van der Waals surface area contributed by atoms with Crippen LogP contribution in [-0.4, -0.2) is 12.9 Å². The van der Waals surface area contributed by atoms with E-state index in [1.54, 1.807) is 26.0 Å². The molecule has 4 heteroatoms. The number of hydrogen-bond donors (Lipinski definition) is 0. The van der Waals surface area contributed by atoms with E-state index in [4.69, 9.17) is 21.6 Å². The zero-order valence-electron chi connectivity index (χ0n) is 10.3. The van der Waals surface area contributed by atoms with Crippen molar-refractivity contribution in [2.75, 3.05) is 7.11 Å². The van der Waals surface area contributed by atoms with Crippen LogP contribution in [0.15, 0.2) is 12.1 Å². The van der Waals surface area contributed by atoms with E-state index in [1.807, 2.05) is 13.0 Å². The molecule has 0 fully saturated rings. The molecule has 0 aliphatic rings. The van der Waals surface area contributed by atoms with Gasteiger partial charge in [0.25, 0.3) is 0 Å². The molecule has 0 bridgehead atoms. The molecule has 0 aliphatic heterocycles. The van der Waals surface area contributed by atoms with Gasteiger partial charge in [-0.15, -0.1) is 0 Å². The van der Waals surface area contributed by atoms with Crippen molar-refractivity contribution in [3.05, 3.63) is 28.3 Å². The second kappa shape index (κ2) is 4.77. The van der Waals surface area contributed by atoms with Crippen LogP contribution in [0.2, 0.25) is 5.02 Å². The van der Waals surface area contributed by atoms with Crippen LogP contribution >= 0.6 is 11.6 Å². The van der Waals surface area contributed by atoms with Crippen molar-refractivity contribution < 1.29 is 9.53 Å². The quantitative estimate of drug-likeness (QED) is 0.774. The Morgan fingerprint density at radius 2 is 2.06 bits per heavy atom. The largest absolute Gasteiger partial charge is 0.496 e. The lowest BCUT2D eigenvalue weighted by molar-refractivity contribution is 0.0888. The number of Topliss-reactive ketones (excluding diaryl/α,β-unsaturated/α-hetero) is 1. The highest BCUT2D eigenvalue weighted by molar-refractivity contribution is 6.32. The monoisotopic (exact) mass is 251 g/mol. The highest BCUT2D eigenvalue weighted by Crippen LogP contribution is 2.31. The average Bonchev–Trinajstić information content (AvgIpc) is 2.31. The molecule has 90 valence electrons. The first-order valence-corrected chi connectivity index (χ1v) is 5.51. The number of ketones is 1. The van der Waals surface area contributed by atoms with E-state index >= 15 is 0 Å². The minimum atomic E-state index is -1.09. The zero-order valence-corrected chi connectivity index (χ0v) is 11.1. The van der Waals surface area contributed by atoms with Gasteiger partial charge < -0.3 is 4.74 Å². The number of methoxy groups -OCH3 is 1. The first-order chi connectivity index (χ1) is 7.83. The normalized spacial score (nSPS) is 10.8. The third-order valence-corrected chi connectivity index (χ3v) is 2.98. The zero-order chi connectivity index (χ0) is 13.2. The molecule has 3 nitrogen and oxygen atoms in total. The third-order valence-electron chi connectivity index (χ3n) is 2.57. The summed E-state index contributed by atoms with van der Waals surface area (Å²) in [6.45, 7) is 4.97. The Bertz CT molecular complexity index is 501. The average molecular weight is 252 g/mol. The van der Waals surface area contributed by atoms with Crippen molar-refractivity contribution in [2.45, 2.75) is 20.8 Å². The summed E-state index contributed by atoms with van der Waals surface area (Å²) in [5.41, 5.74) is 0.0794. The van der Waals surface area contributed by atoms with Gasteiger partial charge in [0.05, 0.1) is 18.7 Å². The molecule has 0 aliphatic carbocycles. The summed E-state index contributed by atoms with van der Waals surface area (Å²) < 4.78 is 5.15. The fraction of sp³-hybridized carbons (Fsp3) is 0.385. The van der Waals surface area contributed by atoms with Crippen molar-refractivity contribution in [3.63, 3.8) is 0 Å². The first-order valence-electron chi connectivity index (χ1n) is 5.13. The number of nitrogens with zero attached hydrogens (tertiary/aromatic N) is 1. The maximum absolute atomic E-state index is 12.2. The van der Waals surface area contributed by atoms with Gasteiger partial charge in [-0.05, 0) is 38.5 Å². The molecule has 1 rings (SSSR count). The van der Waals surface area contributed by atoms with E-state index in [0.717, 1.165) is 5.56 Å². The maximum Gasteiger partial charge on any atom is 0.186 e. The fourth-order valence-corrected chi connectivity index (χ4v) is 1.55. The van der Waals surface area contributed by atoms with Crippen LogP contribution in [0.5, 0.6) is 5.75 Å². The predicted octanol–water partition coefficient (Wildman–Crippen LogP) is 3.39. The lowest BCUT2D eigenvalue weighted by Crippen LogP contribution is -2.22. The molecular weight excluding hydrogens is 238 g/mol. The van der Waals surface area contributed by atoms with Crippen molar-refractivity contribution in [2.24, 2.45) is 5.41 Å². The minimum absolute atomic E-state index is 0.293. The Morgan fingerprint density at radius 3 is 2.53 bits per heavy atom. The molecule has 0 atom stereocenters. The Hall–Kier alpha value is -1.53. The second-order valence-electron chi connectivity index (χ2n) is 4.37. The van der Waals surface area contributed by atoms with Crippen LogP contribution in [0.4, 0.5) is 0 Å². The molecule has 0 saturated carbocycles. The van der Waals surface area contributed by atoms with E-state index in [-0.39, 0.29) is 5.78 Å². The Morgan fingerprint density at radius 1 is 1.47 bits per heavy atom. The standard InChI is InChI=1S/C13H14ClNO2/c1-8-5-11(17-4)9(6-10(8)14)12(16)13(2,3)7-15/h5-6H,1-4H3. The van der Waals surface area contributed by atoms with Gasteiger partial charge >= 0.3 is 0 Å². The van der Waals surface area contributed by atoms with Crippen LogP contribution in [-0.2, 0) is 0 Å². The van der Waals surface area contributed by atoms with Gasteiger partial charge in [-0.2, -0.15) is 5.26 Å². The smallest absolute Gasteiger partial charge is 0.186 e. The van der Waals surface area contributed by atoms with Gasteiger partial charge in [0.2, 0.25) is 0 Å². The van der Waals surface area contributed by atoms with Gasteiger partial charge in [-0.3, -0.25) is 4.79 Å². The van der Waals surface area contributed by atoms with Crippen LogP contribution in [0.3, 0.4) is 0 Å². The summed E-state index contributed by atoms with van der Waals surface area (Å²) in [5.74, 6) is 0.152. The number of carbonyl (C=O) groups excluding carboxylic acids is 1. The van der Waals surface area contributed by atoms with Gasteiger partial charge in [-0.1, -0.05) is 11.6 Å². The summed E-state index contributed by atoms with van der Waals surface area (Å²) in [7, 11) is 1.48. The number of ether oxygens (including phenoxy) is 1. The number of aryl methyl sites for hydroxylation is 1. The molecule has 0 spiro atoms. The summed E-state index contributed by atoms with van der Waals surface area (Å²) >= 11 is 5.99. The number of carbonyl (C=O) groups is 1. The fourth-order valence-electron chi connectivity index (χ4n) is 1.39. The Labute approximate surface area is 106 Å². The lowest BCUT2D eigenvalue weighted by atomic mass is 9.85. The van der Waals surface area contributed by atoms with E-state index in [1.165, 1.54) is 7.11 Å². The molecule has 1 aromatic carbocycles. The van der Waals surface area contributed by atoms with Gasteiger partial charge in [-0.25, -0.2) is 0 Å². The van der Waals surface area contributed by atoms with E-state index in [0.29, 0.717) is 16.3 Å². The van der Waals surface area contributed by atoms with E-state index in [9.17, 15) is 4.79 Å². The van der Waals surface area contributed by atoms with Crippen molar-refractivity contribution in [3.8, 4) is 11.8 Å². The number of halogens is 1. The minimum Gasteiger partial charge on any atom is -0.496 e. The van der Waals surface area contributed by atoms with Crippen LogP contribution in [0.1, 0.15) is 29.8 Å². The lowest BCUT2D eigenvalue weighted by Gasteiger charge is -2.17. The molecular formula is C13H14ClNO2. The van der Waals surface area contributed by atoms with Gasteiger partial charge in [0.15, 0.2) is 5.78 Å². The number of nitriles is 1. The number of rotatable bonds is 3. The Kier molecular flexibility index (Phi) is 3.79. The predicted molar refractivity (Wildman–Crippen MR) is 66.5 cm³/mol. The molecule has 0 aromatic heterocycles. The number of hydrogen-bond acceptors (Lipinski definition) is 3. The second-order valence-corrected chi connectivity index (χ2v) is 4.77. The first kappa shape index (κ1) is 13.5. The maximum atomic E-state index is 12.2. The summed E-state index contributed by atoms with van der Waals surface area (Å²) in [4.78, 5) is 12.2. The molecule has 0 heterocycles. The van der Waals surface area contributed by atoms with Gasteiger partial charge in [0.1, 0.15) is 11.2 Å². The molecule has 1 aromatic rings. The molecule has 0 saturated heterocycles. The molecule has 0 N–H and O–H groups in total. The van der Waals surface area contributed by atoms with Crippen LogP contribution in [0.25, 0.3) is 0 Å². The number of benzene rings is 1. The molecule has 0 unspecified atom stereocenters. The summed E-state index contributed by atoms with van der Waals surface area (Å²) in [6, 6.07) is 5.23.